The fourth-order valence-electron chi connectivity index (χ4n) is 11.4. The molecule has 2 heterocycles. The van der Waals surface area contributed by atoms with E-state index in [4.69, 9.17) is 14.2 Å². The summed E-state index contributed by atoms with van der Waals surface area (Å²) >= 11 is 0. The first-order chi connectivity index (χ1) is 19.0. The first-order valence-corrected chi connectivity index (χ1v) is 16.6. The quantitative estimate of drug-likeness (QED) is 0.346. The third kappa shape index (κ3) is 5.55. The van der Waals surface area contributed by atoms with E-state index in [1.165, 1.54) is 58.0 Å². The highest BCUT2D eigenvalue weighted by Gasteiger charge is 2.67. The first-order valence-electron chi connectivity index (χ1n) is 16.6. The predicted octanol–water partition coefficient (Wildman–Crippen LogP) is 1.82. The van der Waals surface area contributed by atoms with Crippen molar-refractivity contribution in [1.29, 1.82) is 0 Å². The minimum Gasteiger partial charge on any atom is -1.00 e. The summed E-state index contributed by atoms with van der Waals surface area (Å²) in [6.07, 6.45) is 12.1. The second kappa shape index (κ2) is 12.0. The predicted molar refractivity (Wildman–Crippen MR) is 153 cm³/mol. The van der Waals surface area contributed by atoms with Gasteiger partial charge >= 0.3 is 11.9 Å². The van der Waals surface area contributed by atoms with E-state index in [1.54, 1.807) is 13.8 Å². The van der Waals surface area contributed by atoms with Crippen LogP contribution in [0, 0.1) is 34.5 Å². The van der Waals surface area contributed by atoms with E-state index in [0.29, 0.717) is 29.7 Å². The Balaban J connectivity index is 0.00000337. The SMILES string of the molecule is CC(=O)OC1CC2CC[C@@H]3[C@@H](CC[C@]4(C)C(OC(C)=O)C([N+]5(C)CCCCC5)C[C@@H]34)[C@@]2(C)CC1N1CCOCC1.[Br-]. The van der Waals surface area contributed by atoms with Gasteiger partial charge in [-0.1, -0.05) is 13.8 Å². The van der Waals surface area contributed by atoms with Crippen molar-refractivity contribution in [1.82, 2.24) is 4.90 Å². The largest absolute Gasteiger partial charge is 1.00 e. The lowest BCUT2D eigenvalue weighted by atomic mass is 9.44. The lowest BCUT2D eigenvalue weighted by Gasteiger charge is -2.62. The monoisotopic (exact) mass is 638 g/mol. The average Bonchev–Trinajstić information content (AvgIpc) is 3.21. The van der Waals surface area contributed by atoms with Gasteiger partial charge in [-0.05, 0) is 86.9 Å². The maximum atomic E-state index is 12.5. The van der Waals surface area contributed by atoms with Crippen molar-refractivity contribution >= 4 is 11.9 Å². The Bertz CT molecular complexity index is 967. The molecule has 0 aromatic heterocycles. The van der Waals surface area contributed by atoms with Crippen molar-refractivity contribution in [2.24, 2.45) is 34.5 Å². The summed E-state index contributed by atoms with van der Waals surface area (Å²) in [7, 11) is 2.46. The number of carbonyl (C=O) groups excluding carboxylic acids is 2. The Labute approximate surface area is 258 Å². The van der Waals surface area contributed by atoms with E-state index in [0.717, 1.165) is 50.0 Å². The van der Waals surface area contributed by atoms with Gasteiger partial charge in [-0.2, -0.15) is 0 Å². The lowest BCUT2D eigenvalue weighted by Crippen LogP contribution is -3.00. The number of ether oxygens (including phenoxy) is 3. The van der Waals surface area contributed by atoms with E-state index in [9.17, 15) is 9.59 Å². The average molecular weight is 640 g/mol. The number of carbonyl (C=O) groups is 2. The highest BCUT2D eigenvalue weighted by molar-refractivity contribution is 5.66. The van der Waals surface area contributed by atoms with E-state index in [2.05, 4.69) is 25.8 Å². The Kier molecular flexibility index (Phi) is 9.29. The topological polar surface area (TPSA) is 65.1 Å². The second-order valence-electron chi connectivity index (χ2n) is 15.3. The normalized spacial score (nSPS) is 45.8. The lowest BCUT2D eigenvalue weighted by molar-refractivity contribution is -0.940. The summed E-state index contributed by atoms with van der Waals surface area (Å²) in [6.45, 7) is 14.1. The molecule has 234 valence electrons. The summed E-state index contributed by atoms with van der Waals surface area (Å²) in [5.74, 6) is 2.35. The molecule has 0 radical (unpaired) electrons. The number of fused-ring (bicyclic) bond motifs is 5. The van der Waals surface area contributed by atoms with Crippen molar-refractivity contribution < 1.29 is 45.3 Å². The van der Waals surface area contributed by atoms with Crippen LogP contribution < -0.4 is 17.0 Å². The van der Waals surface area contributed by atoms with Crippen LogP contribution in [0.4, 0.5) is 0 Å². The fourth-order valence-corrected chi connectivity index (χ4v) is 11.4. The van der Waals surface area contributed by atoms with Gasteiger partial charge in [0.25, 0.3) is 0 Å². The van der Waals surface area contributed by atoms with Gasteiger partial charge in [-0.25, -0.2) is 0 Å². The molecule has 6 rings (SSSR count). The number of quaternary nitrogens is 1. The van der Waals surface area contributed by atoms with Gasteiger partial charge in [0.1, 0.15) is 12.1 Å². The molecule has 5 unspecified atom stereocenters. The number of nitrogens with zero attached hydrogens (tertiary/aromatic N) is 2. The molecule has 10 atom stereocenters. The number of likely N-dealkylation sites (tertiary alicyclic amines) is 1. The Morgan fingerprint density at radius 1 is 0.878 bits per heavy atom. The molecular weight excluding hydrogens is 584 g/mol. The van der Waals surface area contributed by atoms with Crippen LogP contribution in [0.1, 0.15) is 91.9 Å². The number of hydrogen-bond acceptors (Lipinski definition) is 6. The zero-order valence-electron chi connectivity index (χ0n) is 26.2. The Morgan fingerprint density at radius 3 is 2.22 bits per heavy atom. The molecule has 41 heavy (non-hydrogen) atoms. The number of rotatable bonds is 4. The van der Waals surface area contributed by atoms with Crippen LogP contribution in [-0.2, 0) is 23.8 Å². The van der Waals surface area contributed by atoms with Crippen LogP contribution in [0.25, 0.3) is 0 Å². The maximum absolute atomic E-state index is 12.5. The van der Waals surface area contributed by atoms with Gasteiger partial charge in [0.05, 0.1) is 33.4 Å². The van der Waals surface area contributed by atoms with Gasteiger partial charge in [-0.3, -0.25) is 14.5 Å². The second-order valence-corrected chi connectivity index (χ2v) is 15.3. The third-order valence-electron chi connectivity index (χ3n) is 13.4. The van der Waals surface area contributed by atoms with Crippen LogP contribution in [-0.4, -0.2) is 92.1 Å². The summed E-state index contributed by atoms with van der Waals surface area (Å²) in [4.78, 5) is 27.2. The highest BCUT2D eigenvalue weighted by atomic mass is 79.9. The van der Waals surface area contributed by atoms with E-state index in [-0.39, 0.29) is 58.0 Å². The van der Waals surface area contributed by atoms with Crippen LogP contribution >= 0.6 is 0 Å². The maximum Gasteiger partial charge on any atom is 0.303 e. The summed E-state index contributed by atoms with van der Waals surface area (Å²) in [5.41, 5.74) is 0.320. The van der Waals surface area contributed by atoms with Gasteiger partial charge < -0.3 is 35.7 Å². The zero-order valence-corrected chi connectivity index (χ0v) is 27.8. The molecule has 0 bridgehead atoms. The number of piperidine rings is 1. The molecule has 7 nitrogen and oxygen atoms in total. The summed E-state index contributed by atoms with van der Waals surface area (Å²) < 4.78 is 19.2. The van der Waals surface area contributed by atoms with Crippen LogP contribution in [0.2, 0.25) is 0 Å². The van der Waals surface area contributed by atoms with E-state index >= 15 is 0 Å². The molecule has 6 aliphatic rings. The smallest absolute Gasteiger partial charge is 0.303 e. The van der Waals surface area contributed by atoms with Crippen LogP contribution in [0.3, 0.4) is 0 Å². The van der Waals surface area contributed by atoms with Crippen molar-refractivity contribution in [3.8, 4) is 0 Å². The number of esters is 2. The minimum atomic E-state index is -0.142. The van der Waals surface area contributed by atoms with Crippen LogP contribution in [0.15, 0.2) is 0 Å². The molecule has 0 spiro atoms. The minimum absolute atomic E-state index is 0. The number of morpholine rings is 1. The standard InChI is InChI=1S/C33H55N2O5.BrH/c1-22(36)39-30-19-24-9-10-25-26(33(24,4)21-28(30)34-13-17-38-18-14-34)11-12-32(3)27(25)20-29(31(32)40-23(2)37)35(5)15-7-6-8-16-35;/h24-31H,6-21H2,1-5H3;1H/q+1;/p-1/t24?,25-,26-,27+,28?,29?,30?,31?,32+,33+;/m1./s1. The van der Waals surface area contributed by atoms with Gasteiger partial charge in [0.15, 0.2) is 6.10 Å². The number of hydrogen-bond donors (Lipinski definition) is 0. The molecule has 6 fully saturated rings. The van der Waals surface area contributed by atoms with E-state index in [1.807, 2.05) is 0 Å². The molecule has 2 aliphatic heterocycles. The van der Waals surface area contributed by atoms with Crippen LogP contribution in [0.5, 0.6) is 0 Å². The fraction of sp³-hybridized carbons (Fsp3) is 0.939. The van der Waals surface area contributed by atoms with Gasteiger partial charge in [0.2, 0.25) is 0 Å². The Morgan fingerprint density at radius 2 is 1.56 bits per heavy atom. The Hall–Kier alpha value is -0.700. The van der Waals surface area contributed by atoms with Gasteiger partial charge in [0, 0.05) is 44.8 Å². The summed E-state index contributed by atoms with van der Waals surface area (Å²) in [6, 6.07) is 0.702. The molecule has 4 aliphatic carbocycles. The first kappa shape index (κ1) is 31.7. The van der Waals surface area contributed by atoms with E-state index < -0.39 is 0 Å². The molecule has 0 aromatic carbocycles. The number of halogens is 1. The van der Waals surface area contributed by atoms with Crippen molar-refractivity contribution in [2.75, 3.05) is 46.4 Å². The molecule has 8 heteroatoms. The zero-order chi connectivity index (χ0) is 28.3. The molecule has 0 aromatic rings. The van der Waals surface area contributed by atoms with Crippen molar-refractivity contribution in [3.05, 3.63) is 0 Å². The third-order valence-corrected chi connectivity index (χ3v) is 13.4. The number of likely N-dealkylation sites (N-methyl/N-ethyl adjacent to an activating group) is 1. The molecule has 0 N–H and O–H groups in total. The van der Waals surface area contributed by atoms with Gasteiger partial charge in [-0.15, -0.1) is 0 Å². The van der Waals surface area contributed by atoms with Crippen molar-refractivity contribution in [2.45, 2.75) is 116 Å². The highest BCUT2D eigenvalue weighted by Crippen LogP contribution is 2.67. The van der Waals surface area contributed by atoms with Crippen molar-refractivity contribution in [3.63, 3.8) is 0 Å². The molecule has 0 amide bonds. The molecule has 2 saturated heterocycles. The molecule has 4 saturated carbocycles. The summed E-state index contributed by atoms with van der Waals surface area (Å²) in [5, 5.41) is 0. The molecular formula is C33H55BrN2O5.